The van der Waals surface area contributed by atoms with Crippen LogP contribution in [0.4, 0.5) is 0 Å². The summed E-state index contributed by atoms with van der Waals surface area (Å²) in [7, 11) is 8.06. The minimum absolute atomic E-state index is 0.0762. The van der Waals surface area contributed by atoms with E-state index in [4.69, 9.17) is 18.9 Å². The second kappa shape index (κ2) is 11.7. The van der Waals surface area contributed by atoms with Gasteiger partial charge in [0, 0.05) is 27.1 Å². The van der Waals surface area contributed by atoms with E-state index >= 15 is 0 Å². The SMILES string of the molecule is COc1ccc(OC)c(CCC(=O)NCc2ccc(OCC(=O)N(C)C)c(OC)c2)c1. The molecule has 0 aliphatic rings. The lowest BCUT2D eigenvalue weighted by molar-refractivity contribution is -0.130. The van der Waals surface area contributed by atoms with Gasteiger partial charge in [0.15, 0.2) is 18.1 Å². The molecule has 0 fully saturated rings. The number of carbonyl (C=O) groups is 2. The van der Waals surface area contributed by atoms with Crippen LogP contribution in [-0.2, 0) is 22.6 Å². The van der Waals surface area contributed by atoms with E-state index in [2.05, 4.69) is 5.32 Å². The molecule has 2 rings (SSSR count). The monoisotopic (exact) mass is 430 g/mol. The molecule has 0 heterocycles. The summed E-state index contributed by atoms with van der Waals surface area (Å²) in [5.41, 5.74) is 1.77. The molecule has 0 saturated carbocycles. The normalized spacial score (nSPS) is 10.2. The van der Waals surface area contributed by atoms with Crippen molar-refractivity contribution >= 4 is 11.8 Å². The number of methoxy groups -OCH3 is 3. The first-order chi connectivity index (χ1) is 14.9. The number of carbonyl (C=O) groups excluding carboxylic acids is 2. The third kappa shape index (κ3) is 7.09. The van der Waals surface area contributed by atoms with Crippen molar-refractivity contribution in [2.75, 3.05) is 42.0 Å². The predicted molar refractivity (Wildman–Crippen MR) is 117 cm³/mol. The number of benzene rings is 2. The average molecular weight is 431 g/mol. The molecule has 0 atom stereocenters. The number of nitrogens with one attached hydrogen (secondary N) is 1. The Labute approximate surface area is 183 Å². The molecule has 31 heavy (non-hydrogen) atoms. The largest absolute Gasteiger partial charge is 0.497 e. The third-order valence-electron chi connectivity index (χ3n) is 4.68. The summed E-state index contributed by atoms with van der Waals surface area (Å²) in [6.45, 7) is 0.272. The Bertz CT molecular complexity index is 898. The highest BCUT2D eigenvalue weighted by atomic mass is 16.5. The Morgan fingerprint density at radius 2 is 1.61 bits per heavy atom. The molecule has 0 aliphatic heterocycles. The van der Waals surface area contributed by atoms with Crippen LogP contribution in [0.3, 0.4) is 0 Å². The van der Waals surface area contributed by atoms with Crippen LogP contribution in [0.15, 0.2) is 36.4 Å². The summed E-state index contributed by atoms with van der Waals surface area (Å²) in [6.07, 6.45) is 0.844. The Hall–Kier alpha value is -3.42. The summed E-state index contributed by atoms with van der Waals surface area (Å²) in [5, 5.41) is 2.90. The molecule has 8 nitrogen and oxygen atoms in total. The van der Waals surface area contributed by atoms with Gasteiger partial charge >= 0.3 is 0 Å². The van der Waals surface area contributed by atoms with Gasteiger partial charge in [-0.05, 0) is 47.9 Å². The van der Waals surface area contributed by atoms with Gasteiger partial charge in [-0.3, -0.25) is 9.59 Å². The van der Waals surface area contributed by atoms with Crippen molar-refractivity contribution < 1.29 is 28.5 Å². The molecule has 1 N–H and O–H groups in total. The van der Waals surface area contributed by atoms with Crippen LogP contribution in [0.1, 0.15) is 17.5 Å². The van der Waals surface area contributed by atoms with Gasteiger partial charge in [-0.2, -0.15) is 0 Å². The number of rotatable bonds is 11. The number of likely N-dealkylation sites (N-methyl/N-ethyl adjacent to an activating group) is 1. The Kier molecular flexibility index (Phi) is 8.99. The maximum absolute atomic E-state index is 12.3. The van der Waals surface area contributed by atoms with Crippen LogP contribution in [0.2, 0.25) is 0 Å². The van der Waals surface area contributed by atoms with Crippen LogP contribution < -0.4 is 24.3 Å². The van der Waals surface area contributed by atoms with E-state index in [1.54, 1.807) is 40.4 Å². The topological polar surface area (TPSA) is 86.3 Å². The molecule has 168 valence electrons. The molecular weight excluding hydrogens is 400 g/mol. The van der Waals surface area contributed by atoms with E-state index in [0.717, 1.165) is 22.6 Å². The van der Waals surface area contributed by atoms with Crippen molar-refractivity contribution in [2.45, 2.75) is 19.4 Å². The summed E-state index contributed by atoms with van der Waals surface area (Å²) in [5.74, 6) is 2.18. The molecule has 0 bridgehead atoms. The molecule has 0 saturated heterocycles. The average Bonchev–Trinajstić information content (AvgIpc) is 2.79. The van der Waals surface area contributed by atoms with Crippen LogP contribution >= 0.6 is 0 Å². The minimum atomic E-state index is -0.147. The first kappa shape index (κ1) is 23.9. The van der Waals surface area contributed by atoms with Gasteiger partial charge < -0.3 is 29.2 Å². The maximum atomic E-state index is 12.3. The van der Waals surface area contributed by atoms with E-state index in [-0.39, 0.29) is 18.4 Å². The first-order valence-electron chi connectivity index (χ1n) is 9.85. The zero-order valence-electron chi connectivity index (χ0n) is 18.7. The van der Waals surface area contributed by atoms with E-state index < -0.39 is 0 Å². The van der Waals surface area contributed by atoms with Gasteiger partial charge in [0.2, 0.25) is 5.91 Å². The highest BCUT2D eigenvalue weighted by Crippen LogP contribution is 2.28. The Morgan fingerprint density at radius 1 is 0.903 bits per heavy atom. The molecule has 2 aromatic carbocycles. The number of ether oxygens (including phenoxy) is 4. The van der Waals surface area contributed by atoms with E-state index in [9.17, 15) is 9.59 Å². The van der Waals surface area contributed by atoms with Gasteiger partial charge in [-0.25, -0.2) is 0 Å². The standard InChI is InChI=1S/C23H30N2O6/c1-25(2)23(27)15-31-20-9-6-16(12-21(20)30-5)14-24-22(26)11-7-17-13-18(28-3)8-10-19(17)29-4/h6,8-10,12-13H,7,11,14-15H2,1-5H3,(H,24,26). The number of nitrogens with zero attached hydrogens (tertiary/aromatic N) is 1. The summed E-state index contributed by atoms with van der Waals surface area (Å²) in [6, 6.07) is 10.8. The van der Waals surface area contributed by atoms with Crippen LogP contribution in [0, 0.1) is 0 Å². The van der Waals surface area contributed by atoms with Crippen LogP contribution in [0.5, 0.6) is 23.0 Å². The minimum Gasteiger partial charge on any atom is -0.497 e. The zero-order chi connectivity index (χ0) is 22.8. The molecule has 0 unspecified atom stereocenters. The number of hydrogen-bond donors (Lipinski definition) is 1. The molecule has 0 aromatic heterocycles. The molecular formula is C23H30N2O6. The predicted octanol–water partition coefficient (Wildman–Crippen LogP) is 2.43. The third-order valence-corrected chi connectivity index (χ3v) is 4.68. The van der Waals surface area contributed by atoms with Crippen LogP contribution in [0.25, 0.3) is 0 Å². The van der Waals surface area contributed by atoms with Gasteiger partial charge in [-0.15, -0.1) is 0 Å². The zero-order valence-corrected chi connectivity index (χ0v) is 18.7. The van der Waals surface area contributed by atoms with E-state index in [0.29, 0.717) is 30.9 Å². The fourth-order valence-electron chi connectivity index (χ4n) is 2.82. The second-order valence-corrected chi connectivity index (χ2v) is 7.02. The highest BCUT2D eigenvalue weighted by molar-refractivity contribution is 5.77. The molecule has 0 spiro atoms. The lowest BCUT2D eigenvalue weighted by Gasteiger charge is -2.14. The molecule has 8 heteroatoms. The van der Waals surface area contributed by atoms with E-state index in [1.165, 1.54) is 12.0 Å². The molecule has 2 aromatic rings. The van der Waals surface area contributed by atoms with Gasteiger partial charge in [-0.1, -0.05) is 6.07 Å². The van der Waals surface area contributed by atoms with Crippen molar-refractivity contribution in [1.29, 1.82) is 0 Å². The lowest BCUT2D eigenvalue weighted by Crippen LogP contribution is -2.27. The number of hydrogen-bond acceptors (Lipinski definition) is 6. The second-order valence-electron chi connectivity index (χ2n) is 7.02. The fourth-order valence-corrected chi connectivity index (χ4v) is 2.82. The summed E-state index contributed by atoms with van der Waals surface area (Å²) in [4.78, 5) is 25.5. The molecule has 0 aliphatic carbocycles. The Balaban J connectivity index is 1.91. The number of amides is 2. The van der Waals surface area contributed by atoms with Gasteiger partial charge in [0.25, 0.3) is 5.91 Å². The lowest BCUT2D eigenvalue weighted by atomic mass is 10.1. The van der Waals surface area contributed by atoms with Crippen molar-refractivity contribution in [3.63, 3.8) is 0 Å². The fraction of sp³-hybridized carbons (Fsp3) is 0.391. The Morgan fingerprint density at radius 3 is 2.26 bits per heavy atom. The highest BCUT2D eigenvalue weighted by Gasteiger charge is 2.11. The van der Waals surface area contributed by atoms with Gasteiger partial charge in [0.05, 0.1) is 21.3 Å². The maximum Gasteiger partial charge on any atom is 0.259 e. The van der Waals surface area contributed by atoms with Gasteiger partial charge in [0.1, 0.15) is 11.5 Å². The molecule has 2 amide bonds. The number of aryl methyl sites for hydroxylation is 1. The van der Waals surface area contributed by atoms with E-state index in [1.807, 2.05) is 24.3 Å². The summed E-state index contributed by atoms with van der Waals surface area (Å²) >= 11 is 0. The van der Waals surface area contributed by atoms with Crippen molar-refractivity contribution in [1.82, 2.24) is 10.2 Å². The van der Waals surface area contributed by atoms with Crippen molar-refractivity contribution in [3.05, 3.63) is 47.5 Å². The molecule has 0 radical (unpaired) electrons. The van der Waals surface area contributed by atoms with Crippen molar-refractivity contribution in [2.24, 2.45) is 0 Å². The van der Waals surface area contributed by atoms with Crippen molar-refractivity contribution in [3.8, 4) is 23.0 Å². The summed E-state index contributed by atoms with van der Waals surface area (Å²) < 4.78 is 21.5. The quantitative estimate of drug-likeness (QED) is 0.589. The first-order valence-corrected chi connectivity index (χ1v) is 9.85. The smallest absolute Gasteiger partial charge is 0.259 e. The van der Waals surface area contributed by atoms with Crippen LogP contribution in [-0.4, -0.2) is 58.7 Å².